The third-order valence-electron chi connectivity index (χ3n) is 3.36. The second-order valence-electron chi connectivity index (χ2n) is 4.86. The van der Waals surface area contributed by atoms with Gasteiger partial charge in [0.15, 0.2) is 0 Å². The number of nitrogens with zero attached hydrogens (tertiary/aromatic N) is 2. The van der Waals surface area contributed by atoms with Gasteiger partial charge in [-0.3, -0.25) is 9.66 Å². The molecule has 2 heterocycles. The molecule has 2 aromatic carbocycles. The summed E-state index contributed by atoms with van der Waals surface area (Å²) in [5, 5.41) is 1.20. The van der Waals surface area contributed by atoms with Crippen molar-refractivity contribution in [3.63, 3.8) is 0 Å². The quantitative estimate of drug-likeness (QED) is 0.536. The van der Waals surface area contributed by atoms with Gasteiger partial charge in [-0.2, -0.15) is 0 Å². The van der Waals surface area contributed by atoms with E-state index < -0.39 is 0 Å². The molecule has 4 rings (SSSR count). The number of hydrogen-bond acceptors (Lipinski definition) is 2. The van der Waals surface area contributed by atoms with Crippen LogP contribution >= 0.6 is 0 Å². The summed E-state index contributed by atoms with van der Waals surface area (Å²) in [6, 6.07) is 26.1. The summed E-state index contributed by atoms with van der Waals surface area (Å²) in [5.41, 5.74) is 3.24. The van der Waals surface area contributed by atoms with Crippen molar-refractivity contribution in [3.05, 3.63) is 91.3 Å². The molecule has 3 heteroatoms. The van der Waals surface area contributed by atoms with E-state index >= 15 is 0 Å². The maximum absolute atomic E-state index is 5.69. The number of para-hydroxylation sites is 1. The molecule has 0 unspecified atom stereocenters. The highest BCUT2D eigenvalue weighted by molar-refractivity contribution is 5.77. The van der Waals surface area contributed by atoms with E-state index in [1.165, 1.54) is 5.39 Å². The zero-order valence-corrected chi connectivity index (χ0v) is 12.1. The summed E-state index contributed by atoms with van der Waals surface area (Å²) >= 11 is 0. The van der Waals surface area contributed by atoms with Crippen LogP contribution in [0.5, 0.6) is 0 Å². The maximum atomic E-state index is 5.69. The van der Waals surface area contributed by atoms with Gasteiger partial charge in [0.05, 0.1) is 11.2 Å². The Balaban J connectivity index is 0.000000133. The highest BCUT2D eigenvalue weighted by atomic mass is 15.3. The number of nitrogens with two attached hydrogens (primary N) is 1. The first-order chi connectivity index (χ1) is 10.8. The lowest BCUT2D eigenvalue weighted by Crippen LogP contribution is -2.07. The van der Waals surface area contributed by atoms with Gasteiger partial charge in [-0.1, -0.05) is 54.6 Å². The van der Waals surface area contributed by atoms with Crippen LogP contribution in [0.2, 0.25) is 0 Å². The van der Waals surface area contributed by atoms with Gasteiger partial charge in [0.2, 0.25) is 0 Å². The average Bonchev–Trinajstić information content (AvgIpc) is 3.02. The molecule has 2 N–H and O–H groups in total. The fraction of sp³-hybridized carbons (Fsp3) is 0. The summed E-state index contributed by atoms with van der Waals surface area (Å²) in [4.78, 5) is 4.18. The molecule has 3 nitrogen and oxygen atoms in total. The molecular weight excluding hydrogens is 270 g/mol. The third kappa shape index (κ3) is 3.15. The molecule has 0 aliphatic heterocycles. The third-order valence-corrected chi connectivity index (χ3v) is 3.36. The van der Waals surface area contributed by atoms with E-state index in [9.17, 15) is 0 Å². The van der Waals surface area contributed by atoms with Crippen molar-refractivity contribution < 1.29 is 0 Å². The predicted molar refractivity (Wildman–Crippen MR) is 91.8 cm³/mol. The highest BCUT2D eigenvalue weighted by Crippen LogP contribution is 2.16. The Bertz CT molecular complexity index is 785. The lowest BCUT2D eigenvalue weighted by molar-refractivity contribution is 1.03. The first-order valence-corrected chi connectivity index (χ1v) is 7.12. The van der Waals surface area contributed by atoms with Gasteiger partial charge in [-0.05, 0) is 24.3 Å². The molecule has 108 valence electrons. The average molecular weight is 287 g/mol. The van der Waals surface area contributed by atoms with Gasteiger partial charge >= 0.3 is 0 Å². The number of aromatic nitrogens is 2. The second kappa shape index (κ2) is 6.59. The summed E-state index contributed by atoms with van der Waals surface area (Å²) < 4.78 is 1.62. The van der Waals surface area contributed by atoms with Crippen LogP contribution in [0.15, 0.2) is 91.3 Å². The molecule has 0 saturated carbocycles. The SMILES string of the molecule is Nn1cccc1-c1ccccc1.c1ccc2ncccc2c1. The largest absolute Gasteiger partial charge is 0.339 e. The molecule has 2 aromatic heterocycles. The van der Waals surface area contributed by atoms with Crippen molar-refractivity contribution >= 4 is 10.9 Å². The summed E-state index contributed by atoms with van der Waals surface area (Å²) in [6.45, 7) is 0. The second-order valence-corrected chi connectivity index (χ2v) is 4.86. The molecule has 0 atom stereocenters. The number of fused-ring (bicyclic) bond motifs is 1. The number of rotatable bonds is 1. The van der Waals surface area contributed by atoms with E-state index in [0.717, 1.165) is 16.8 Å². The molecular formula is C19H17N3. The Morgan fingerprint density at radius 1 is 0.727 bits per heavy atom. The number of benzene rings is 2. The van der Waals surface area contributed by atoms with Crippen LogP contribution in [0.25, 0.3) is 22.2 Å². The smallest absolute Gasteiger partial charge is 0.0701 e. The summed E-state index contributed by atoms with van der Waals surface area (Å²) in [6.07, 6.45) is 3.64. The van der Waals surface area contributed by atoms with Gasteiger partial charge < -0.3 is 5.84 Å². The van der Waals surface area contributed by atoms with Crippen molar-refractivity contribution in [2.45, 2.75) is 0 Å². The van der Waals surface area contributed by atoms with Crippen LogP contribution < -0.4 is 5.84 Å². The lowest BCUT2D eigenvalue weighted by Gasteiger charge is -2.01. The fourth-order valence-corrected chi connectivity index (χ4v) is 2.26. The van der Waals surface area contributed by atoms with Crippen molar-refractivity contribution in [1.29, 1.82) is 0 Å². The minimum atomic E-state index is 1.04. The van der Waals surface area contributed by atoms with Crippen LogP contribution in [0.4, 0.5) is 0 Å². The standard InChI is InChI=1S/C10H10N2.C9H7N/c11-12-8-4-7-10(12)9-5-2-1-3-6-9;1-2-6-9-8(4-1)5-3-7-10-9/h1-8H,11H2;1-7H. The first-order valence-electron chi connectivity index (χ1n) is 7.12. The fourth-order valence-electron chi connectivity index (χ4n) is 2.26. The van der Waals surface area contributed by atoms with E-state index in [4.69, 9.17) is 5.84 Å². The molecule has 0 aliphatic rings. The number of hydrogen-bond donors (Lipinski definition) is 1. The zero-order chi connectivity index (χ0) is 15.2. The topological polar surface area (TPSA) is 43.8 Å². The van der Waals surface area contributed by atoms with Gasteiger partial charge in [-0.25, -0.2) is 0 Å². The van der Waals surface area contributed by atoms with Crippen LogP contribution in [-0.4, -0.2) is 9.66 Å². The van der Waals surface area contributed by atoms with E-state index in [1.54, 1.807) is 4.68 Å². The maximum Gasteiger partial charge on any atom is 0.0701 e. The highest BCUT2D eigenvalue weighted by Gasteiger charge is 1.98. The van der Waals surface area contributed by atoms with Crippen LogP contribution in [-0.2, 0) is 0 Å². The predicted octanol–water partition coefficient (Wildman–Crippen LogP) is 4.10. The van der Waals surface area contributed by atoms with E-state index in [2.05, 4.69) is 17.1 Å². The lowest BCUT2D eigenvalue weighted by atomic mass is 10.2. The van der Waals surface area contributed by atoms with Gasteiger partial charge in [0.1, 0.15) is 0 Å². The summed E-state index contributed by atoms with van der Waals surface area (Å²) in [5.74, 6) is 5.69. The Morgan fingerprint density at radius 3 is 2.18 bits per heavy atom. The van der Waals surface area contributed by atoms with Crippen LogP contribution in [0.3, 0.4) is 0 Å². The normalized spacial score (nSPS) is 10.0. The molecule has 0 amide bonds. The van der Waals surface area contributed by atoms with E-state index in [1.807, 2.05) is 79.1 Å². The minimum absolute atomic E-state index is 1.04. The van der Waals surface area contributed by atoms with Crippen molar-refractivity contribution in [1.82, 2.24) is 9.66 Å². The zero-order valence-electron chi connectivity index (χ0n) is 12.1. The molecule has 0 spiro atoms. The van der Waals surface area contributed by atoms with Gasteiger partial charge in [0.25, 0.3) is 0 Å². The minimum Gasteiger partial charge on any atom is -0.339 e. The Labute approximate surface area is 129 Å². The molecule has 22 heavy (non-hydrogen) atoms. The Hall–Kier alpha value is -3.07. The molecule has 0 aliphatic carbocycles. The molecule has 0 bridgehead atoms. The Kier molecular flexibility index (Phi) is 4.16. The van der Waals surface area contributed by atoms with Crippen molar-refractivity contribution in [2.75, 3.05) is 5.84 Å². The van der Waals surface area contributed by atoms with Gasteiger partial charge in [0, 0.05) is 23.3 Å². The molecule has 0 saturated heterocycles. The van der Waals surface area contributed by atoms with E-state index in [-0.39, 0.29) is 0 Å². The van der Waals surface area contributed by atoms with Gasteiger partial charge in [-0.15, -0.1) is 0 Å². The molecule has 4 aromatic rings. The first kappa shape index (κ1) is 13.9. The molecule has 0 radical (unpaired) electrons. The van der Waals surface area contributed by atoms with Crippen molar-refractivity contribution in [2.24, 2.45) is 0 Å². The molecule has 0 fully saturated rings. The number of pyridine rings is 1. The van der Waals surface area contributed by atoms with Crippen molar-refractivity contribution in [3.8, 4) is 11.3 Å². The van der Waals surface area contributed by atoms with Crippen LogP contribution in [0.1, 0.15) is 0 Å². The monoisotopic (exact) mass is 287 g/mol. The number of nitrogen functional groups attached to an aromatic ring is 1. The van der Waals surface area contributed by atoms with Crippen LogP contribution in [0, 0.1) is 0 Å². The summed E-state index contributed by atoms with van der Waals surface area (Å²) in [7, 11) is 0. The Morgan fingerprint density at radius 2 is 1.45 bits per heavy atom. The van der Waals surface area contributed by atoms with E-state index in [0.29, 0.717) is 0 Å².